The van der Waals surface area contributed by atoms with Gasteiger partial charge in [0.2, 0.25) is 7.37 Å². The molecule has 19 heavy (non-hydrogen) atoms. The summed E-state index contributed by atoms with van der Waals surface area (Å²) in [7, 11) is -2.32. The molecule has 0 spiro atoms. The molecule has 0 aliphatic carbocycles. The first kappa shape index (κ1) is 19.2. The molecule has 0 aromatic heterocycles. The molecule has 1 unspecified atom stereocenters. The first-order chi connectivity index (χ1) is 9.18. The molecular weight excluding hydrogens is 255 g/mol. The Balaban J connectivity index is 3.92. The van der Waals surface area contributed by atoms with Crippen LogP contribution in [0.5, 0.6) is 0 Å². The SMILES string of the molecule is CCCCCCOP(=O)(CCCC)CCCCCC. The van der Waals surface area contributed by atoms with E-state index in [0.717, 1.165) is 38.0 Å². The summed E-state index contributed by atoms with van der Waals surface area (Å²) in [6.45, 7) is 7.28. The quantitative estimate of drug-likeness (QED) is 0.279. The Labute approximate surface area is 121 Å². The molecule has 0 saturated heterocycles. The first-order valence-electron chi connectivity index (χ1n) is 8.41. The molecule has 0 aliphatic heterocycles. The third kappa shape index (κ3) is 11.7. The van der Waals surface area contributed by atoms with Crippen molar-refractivity contribution in [3.05, 3.63) is 0 Å². The summed E-state index contributed by atoms with van der Waals surface area (Å²) in [6, 6.07) is 0. The molecule has 2 nitrogen and oxygen atoms in total. The largest absolute Gasteiger partial charge is 0.328 e. The van der Waals surface area contributed by atoms with Crippen molar-refractivity contribution in [2.45, 2.75) is 85.0 Å². The van der Waals surface area contributed by atoms with Crippen LogP contribution in [0, 0.1) is 0 Å². The second-order valence-corrected chi connectivity index (χ2v) is 8.35. The van der Waals surface area contributed by atoms with E-state index in [1.54, 1.807) is 0 Å². The second-order valence-electron chi connectivity index (χ2n) is 5.57. The normalized spacial score (nSPS) is 14.5. The van der Waals surface area contributed by atoms with Gasteiger partial charge in [-0.3, -0.25) is 4.57 Å². The Morgan fingerprint density at radius 2 is 1.21 bits per heavy atom. The van der Waals surface area contributed by atoms with Crippen molar-refractivity contribution in [2.75, 3.05) is 18.9 Å². The fourth-order valence-corrected chi connectivity index (χ4v) is 4.63. The van der Waals surface area contributed by atoms with Gasteiger partial charge in [-0.25, -0.2) is 0 Å². The van der Waals surface area contributed by atoms with Gasteiger partial charge in [0.1, 0.15) is 0 Å². The zero-order valence-corrected chi connectivity index (χ0v) is 14.4. The van der Waals surface area contributed by atoms with E-state index in [9.17, 15) is 4.57 Å². The van der Waals surface area contributed by atoms with E-state index in [4.69, 9.17) is 4.52 Å². The fraction of sp³-hybridized carbons (Fsp3) is 1.00. The molecule has 0 aromatic carbocycles. The van der Waals surface area contributed by atoms with Gasteiger partial charge in [-0.2, -0.15) is 0 Å². The average Bonchev–Trinajstić information content (AvgIpc) is 2.41. The maximum absolute atomic E-state index is 12.7. The Bertz CT molecular complexity index is 229. The minimum atomic E-state index is -2.32. The molecule has 0 amide bonds. The van der Waals surface area contributed by atoms with Crippen LogP contribution < -0.4 is 0 Å². The molecule has 116 valence electrons. The van der Waals surface area contributed by atoms with Gasteiger partial charge < -0.3 is 4.52 Å². The molecule has 0 bridgehead atoms. The van der Waals surface area contributed by atoms with E-state index in [2.05, 4.69) is 20.8 Å². The zero-order valence-electron chi connectivity index (χ0n) is 13.5. The Morgan fingerprint density at radius 1 is 0.684 bits per heavy atom. The van der Waals surface area contributed by atoms with Crippen LogP contribution in [0.15, 0.2) is 0 Å². The van der Waals surface area contributed by atoms with Crippen molar-refractivity contribution in [1.82, 2.24) is 0 Å². The molecule has 0 aliphatic rings. The standard InChI is InChI=1S/C16H35O2P/c1-4-7-10-12-14-18-19(17,15-9-6-3)16-13-11-8-5-2/h4-16H2,1-3H3. The van der Waals surface area contributed by atoms with E-state index < -0.39 is 7.37 Å². The van der Waals surface area contributed by atoms with Crippen LogP contribution in [0.3, 0.4) is 0 Å². The summed E-state index contributed by atoms with van der Waals surface area (Å²) >= 11 is 0. The Hall–Kier alpha value is 0.190. The molecule has 0 N–H and O–H groups in total. The molecule has 0 rings (SSSR count). The topological polar surface area (TPSA) is 26.3 Å². The number of rotatable bonds is 14. The second kappa shape index (κ2) is 13.2. The van der Waals surface area contributed by atoms with E-state index >= 15 is 0 Å². The van der Waals surface area contributed by atoms with Crippen molar-refractivity contribution < 1.29 is 9.09 Å². The summed E-state index contributed by atoms with van der Waals surface area (Å²) < 4.78 is 18.6. The van der Waals surface area contributed by atoms with Crippen molar-refractivity contribution in [3.8, 4) is 0 Å². The Kier molecular flexibility index (Phi) is 13.3. The van der Waals surface area contributed by atoms with Gasteiger partial charge >= 0.3 is 0 Å². The molecule has 0 heterocycles. The van der Waals surface area contributed by atoms with E-state index in [1.807, 2.05) is 0 Å². The van der Waals surface area contributed by atoms with Gasteiger partial charge in [0, 0.05) is 12.3 Å². The molecule has 0 radical (unpaired) electrons. The van der Waals surface area contributed by atoms with Crippen LogP contribution in [-0.4, -0.2) is 18.9 Å². The lowest BCUT2D eigenvalue weighted by Crippen LogP contribution is -2.02. The minimum absolute atomic E-state index is 0.703. The van der Waals surface area contributed by atoms with Crippen molar-refractivity contribution in [3.63, 3.8) is 0 Å². The number of hydrogen-bond donors (Lipinski definition) is 0. The summed E-state index contributed by atoms with van der Waals surface area (Å²) in [5, 5.41) is 0. The average molecular weight is 290 g/mol. The highest BCUT2D eigenvalue weighted by Crippen LogP contribution is 2.48. The molecule has 0 aromatic rings. The highest BCUT2D eigenvalue weighted by molar-refractivity contribution is 7.58. The predicted molar refractivity (Wildman–Crippen MR) is 86.5 cm³/mol. The zero-order chi connectivity index (χ0) is 14.4. The van der Waals surface area contributed by atoms with Gasteiger partial charge in [0.15, 0.2) is 0 Å². The lowest BCUT2D eigenvalue weighted by atomic mass is 10.2. The fourth-order valence-electron chi connectivity index (χ4n) is 2.18. The number of unbranched alkanes of at least 4 members (excludes halogenated alkanes) is 7. The lowest BCUT2D eigenvalue weighted by Gasteiger charge is -2.18. The molecule has 0 saturated carbocycles. The van der Waals surface area contributed by atoms with Crippen molar-refractivity contribution in [1.29, 1.82) is 0 Å². The third-order valence-electron chi connectivity index (χ3n) is 3.53. The smallest absolute Gasteiger partial charge is 0.203 e. The minimum Gasteiger partial charge on any atom is -0.328 e. The maximum Gasteiger partial charge on any atom is 0.203 e. The molecule has 3 heteroatoms. The van der Waals surface area contributed by atoms with Crippen LogP contribution >= 0.6 is 7.37 Å². The maximum atomic E-state index is 12.7. The van der Waals surface area contributed by atoms with Crippen LogP contribution in [-0.2, 0) is 9.09 Å². The van der Waals surface area contributed by atoms with Crippen LogP contribution in [0.4, 0.5) is 0 Å². The van der Waals surface area contributed by atoms with E-state index in [-0.39, 0.29) is 0 Å². The third-order valence-corrected chi connectivity index (χ3v) is 6.18. The number of hydrogen-bond acceptors (Lipinski definition) is 2. The molecule has 0 fully saturated rings. The monoisotopic (exact) mass is 290 g/mol. The predicted octanol–water partition coefficient (Wildman–Crippen LogP) is 6.24. The van der Waals surface area contributed by atoms with Crippen molar-refractivity contribution in [2.24, 2.45) is 0 Å². The van der Waals surface area contributed by atoms with Gasteiger partial charge in [-0.1, -0.05) is 65.7 Å². The van der Waals surface area contributed by atoms with Gasteiger partial charge in [-0.05, 0) is 19.3 Å². The Morgan fingerprint density at radius 3 is 1.79 bits per heavy atom. The van der Waals surface area contributed by atoms with E-state index in [0.29, 0.717) is 6.61 Å². The summed E-state index contributed by atoms with van der Waals surface area (Å²) in [6.07, 6.45) is 13.3. The van der Waals surface area contributed by atoms with Crippen LogP contribution in [0.1, 0.15) is 85.0 Å². The van der Waals surface area contributed by atoms with Crippen LogP contribution in [0.25, 0.3) is 0 Å². The highest BCUT2D eigenvalue weighted by Gasteiger charge is 2.21. The van der Waals surface area contributed by atoms with Gasteiger partial charge in [0.25, 0.3) is 0 Å². The van der Waals surface area contributed by atoms with E-state index in [1.165, 1.54) is 38.5 Å². The molecule has 1 atom stereocenters. The molecular formula is C16H35O2P. The van der Waals surface area contributed by atoms with Crippen molar-refractivity contribution >= 4 is 7.37 Å². The van der Waals surface area contributed by atoms with Crippen LogP contribution in [0.2, 0.25) is 0 Å². The highest BCUT2D eigenvalue weighted by atomic mass is 31.2. The van der Waals surface area contributed by atoms with Gasteiger partial charge in [0.05, 0.1) is 6.61 Å². The van der Waals surface area contributed by atoms with Gasteiger partial charge in [-0.15, -0.1) is 0 Å². The first-order valence-corrected chi connectivity index (χ1v) is 10.4. The summed E-state index contributed by atoms with van der Waals surface area (Å²) in [5.41, 5.74) is 0. The summed E-state index contributed by atoms with van der Waals surface area (Å²) in [4.78, 5) is 0. The summed E-state index contributed by atoms with van der Waals surface area (Å²) in [5.74, 6) is 0. The lowest BCUT2D eigenvalue weighted by molar-refractivity contribution is 0.300.